The summed E-state index contributed by atoms with van der Waals surface area (Å²) in [7, 11) is 0. The summed E-state index contributed by atoms with van der Waals surface area (Å²) in [6.07, 6.45) is 0. The van der Waals surface area contributed by atoms with E-state index in [1.54, 1.807) is 4.40 Å². The average Bonchev–Trinajstić information content (AvgIpc) is 3.75. The van der Waals surface area contributed by atoms with E-state index in [0.29, 0.717) is 10.8 Å². The van der Waals surface area contributed by atoms with Gasteiger partial charge in [0.15, 0.2) is 5.82 Å². The van der Waals surface area contributed by atoms with E-state index in [0.717, 1.165) is 27.0 Å². The monoisotopic (exact) mass is 600 g/mol. The van der Waals surface area contributed by atoms with Gasteiger partial charge < -0.3 is 4.57 Å². The zero-order valence-electron chi connectivity index (χ0n) is 23.1. The molecular weight excluding hydrogens is 581 g/mol. The Kier molecular flexibility index (Phi) is 4.84. The number of thiazole rings is 1. The van der Waals surface area contributed by atoms with Crippen LogP contribution in [0.1, 0.15) is 0 Å². The van der Waals surface area contributed by atoms with Gasteiger partial charge in [0.1, 0.15) is 0 Å². The molecule has 10 aromatic rings. The number of aromatic nitrogens is 4. The van der Waals surface area contributed by atoms with E-state index in [1.807, 2.05) is 41.7 Å². The quantitative estimate of drug-likeness (QED) is 0.199. The first kappa shape index (κ1) is 24.1. The minimum absolute atomic E-state index is 0.322. The number of rotatable bonds is 2. The maximum absolute atomic E-state index is 13.5. The molecule has 5 nitrogen and oxygen atoms in total. The Morgan fingerprint density at radius 3 is 2.11 bits per heavy atom. The van der Waals surface area contributed by atoms with Crippen LogP contribution in [0.5, 0.6) is 0 Å². The molecule has 0 aliphatic rings. The summed E-state index contributed by atoms with van der Waals surface area (Å²) >= 11 is 3.36. The molecule has 206 valence electrons. The van der Waals surface area contributed by atoms with Gasteiger partial charge in [-0.3, -0.25) is 0 Å². The largest absolute Gasteiger partial charge is 0.356 e. The van der Waals surface area contributed by atoms with Crippen molar-refractivity contribution in [3.8, 4) is 17.1 Å². The second-order valence-electron chi connectivity index (χ2n) is 11.0. The first-order valence-corrected chi connectivity index (χ1v) is 16.0. The molecule has 10 rings (SSSR count). The maximum atomic E-state index is 13.5. The van der Waals surface area contributed by atoms with Crippen LogP contribution in [-0.4, -0.2) is 18.9 Å². The highest BCUT2D eigenvalue weighted by Gasteiger charge is 2.22. The minimum Gasteiger partial charge on any atom is -0.308 e. The average molecular weight is 601 g/mol. The van der Waals surface area contributed by atoms with Crippen LogP contribution in [0.4, 0.5) is 0 Å². The number of benzene rings is 6. The maximum Gasteiger partial charge on any atom is 0.356 e. The van der Waals surface area contributed by atoms with Gasteiger partial charge in [-0.25, -0.2) is 9.20 Å². The lowest BCUT2D eigenvalue weighted by Gasteiger charge is -2.10. The third kappa shape index (κ3) is 3.20. The number of nitrogens with zero attached hydrogens (tertiary/aromatic N) is 4. The zero-order chi connectivity index (χ0) is 28.9. The van der Waals surface area contributed by atoms with E-state index in [-0.39, 0.29) is 5.69 Å². The normalized spacial score (nSPS) is 12.2. The van der Waals surface area contributed by atoms with E-state index in [1.165, 1.54) is 58.6 Å². The second kappa shape index (κ2) is 8.83. The summed E-state index contributed by atoms with van der Waals surface area (Å²) < 4.78 is 7.55. The Hall–Kier alpha value is -5.37. The van der Waals surface area contributed by atoms with Crippen LogP contribution in [0.3, 0.4) is 0 Å². The Balaban J connectivity index is 1.34. The number of fused-ring (bicyclic) bond motifs is 13. The highest BCUT2D eigenvalue weighted by molar-refractivity contribution is 7.27. The van der Waals surface area contributed by atoms with Crippen molar-refractivity contribution in [1.29, 1.82) is 0 Å². The van der Waals surface area contributed by atoms with Crippen molar-refractivity contribution in [2.45, 2.75) is 0 Å². The fraction of sp³-hybridized carbons (Fsp3) is 0. The van der Waals surface area contributed by atoms with Crippen molar-refractivity contribution in [2.75, 3.05) is 0 Å². The number of hydrogen-bond donors (Lipinski definition) is 0. The third-order valence-corrected chi connectivity index (χ3v) is 10.8. The summed E-state index contributed by atoms with van der Waals surface area (Å²) in [4.78, 5) is 23.3. The van der Waals surface area contributed by atoms with Crippen LogP contribution in [0, 0.1) is 0 Å². The minimum atomic E-state index is -0.322. The molecule has 0 unspecified atom stereocenters. The molecule has 0 aliphatic carbocycles. The molecule has 0 bridgehead atoms. The van der Waals surface area contributed by atoms with Crippen LogP contribution >= 0.6 is 22.7 Å². The van der Waals surface area contributed by atoms with E-state index in [4.69, 9.17) is 4.98 Å². The van der Waals surface area contributed by atoms with Gasteiger partial charge in [-0.1, -0.05) is 102 Å². The lowest BCUT2D eigenvalue weighted by Crippen LogP contribution is -2.17. The van der Waals surface area contributed by atoms with Gasteiger partial charge in [-0.2, -0.15) is 9.97 Å². The molecule has 4 heterocycles. The van der Waals surface area contributed by atoms with Gasteiger partial charge >= 0.3 is 5.69 Å². The van der Waals surface area contributed by atoms with Gasteiger partial charge in [0.25, 0.3) is 0 Å². The number of hydrogen-bond acceptors (Lipinski definition) is 5. The van der Waals surface area contributed by atoms with Gasteiger partial charge in [-0.05, 0) is 41.1 Å². The summed E-state index contributed by atoms with van der Waals surface area (Å²) in [5, 5.41) is 7.54. The third-order valence-electron chi connectivity index (χ3n) is 8.61. The van der Waals surface area contributed by atoms with Crippen LogP contribution < -0.4 is 5.69 Å². The summed E-state index contributed by atoms with van der Waals surface area (Å²) in [6, 6.07) is 42.1. The van der Waals surface area contributed by atoms with Gasteiger partial charge in [0.2, 0.25) is 4.96 Å². The predicted molar refractivity (Wildman–Crippen MR) is 185 cm³/mol. The Morgan fingerprint density at radius 1 is 0.568 bits per heavy atom. The van der Waals surface area contributed by atoms with Crippen molar-refractivity contribution in [2.24, 2.45) is 0 Å². The first-order valence-electron chi connectivity index (χ1n) is 14.4. The van der Waals surface area contributed by atoms with E-state index in [2.05, 4.69) is 101 Å². The lowest BCUT2D eigenvalue weighted by atomic mass is 9.99. The SMILES string of the molecule is O=c1nc(-c2ccccc2)nc2sc3ccc(-n4c5ccccc5c5c6ccccc6c6c7ccccc7sc6c54)cc3n12. The number of para-hydroxylation sites is 1. The fourth-order valence-electron chi connectivity index (χ4n) is 6.78. The molecule has 0 aliphatic heterocycles. The standard InChI is InChI=1S/C37H20N4OS2/c42-36-38-35(21-10-2-1-3-11-21)39-37-41(36)28-20-22(18-19-30(28)44-37)40-27-16-8-6-14-25(27)31-23-12-4-5-13-24(23)32-26-15-7-9-17-29(26)43-34(32)33(31)40/h1-20H. The molecule has 0 radical (unpaired) electrons. The molecule has 44 heavy (non-hydrogen) atoms. The van der Waals surface area contributed by atoms with Crippen LogP contribution in [0.2, 0.25) is 0 Å². The van der Waals surface area contributed by atoms with E-state index in [9.17, 15) is 4.79 Å². The van der Waals surface area contributed by atoms with Crippen LogP contribution in [0.25, 0.3) is 85.0 Å². The van der Waals surface area contributed by atoms with Crippen LogP contribution in [0.15, 0.2) is 126 Å². The smallest absolute Gasteiger partial charge is 0.308 e. The molecule has 0 N–H and O–H groups in total. The molecular formula is C37H20N4OS2. The molecule has 0 fully saturated rings. The predicted octanol–water partition coefficient (Wildman–Crippen LogP) is 9.59. The Labute approximate surface area is 257 Å². The Bertz CT molecular complexity index is 2860. The van der Waals surface area contributed by atoms with E-state index >= 15 is 0 Å². The fourth-order valence-corrected chi connectivity index (χ4v) is 9.02. The summed E-state index contributed by atoms with van der Waals surface area (Å²) in [6.45, 7) is 0. The molecule has 0 amide bonds. The second-order valence-corrected chi connectivity index (χ2v) is 13.1. The van der Waals surface area contributed by atoms with E-state index < -0.39 is 0 Å². The van der Waals surface area contributed by atoms with Crippen molar-refractivity contribution in [3.05, 3.63) is 132 Å². The highest BCUT2D eigenvalue weighted by atomic mass is 32.1. The van der Waals surface area contributed by atoms with Gasteiger partial charge in [0.05, 0.1) is 25.9 Å². The van der Waals surface area contributed by atoms with Crippen molar-refractivity contribution in [1.82, 2.24) is 18.9 Å². The van der Waals surface area contributed by atoms with Crippen molar-refractivity contribution < 1.29 is 0 Å². The topological polar surface area (TPSA) is 52.2 Å². The molecule has 0 saturated heterocycles. The van der Waals surface area contributed by atoms with Crippen molar-refractivity contribution >= 4 is 90.6 Å². The van der Waals surface area contributed by atoms with Gasteiger partial charge in [0, 0.05) is 37.5 Å². The highest BCUT2D eigenvalue weighted by Crippen LogP contribution is 2.47. The molecule has 4 aromatic heterocycles. The lowest BCUT2D eigenvalue weighted by molar-refractivity contribution is 0.991. The summed E-state index contributed by atoms with van der Waals surface area (Å²) in [5.74, 6) is 0.448. The Morgan fingerprint density at radius 2 is 1.27 bits per heavy atom. The molecule has 7 heteroatoms. The number of thiophene rings is 1. The van der Waals surface area contributed by atoms with Crippen LogP contribution in [-0.2, 0) is 0 Å². The van der Waals surface area contributed by atoms with Gasteiger partial charge in [-0.15, -0.1) is 11.3 Å². The zero-order valence-corrected chi connectivity index (χ0v) is 24.7. The summed E-state index contributed by atoms with van der Waals surface area (Å²) in [5.41, 5.74) is 4.64. The van der Waals surface area contributed by atoms with Crippen molar-refractivity contribution in [3.63, 3.8) is 0 Å². The first-order chi connectivity index (χ1) is 21.7. The molecule has 6 aromatic carbocycles. The molecule has 0 spiro atoms. The molecule has 0 atom stereocenters. The molecule has 0 saturated carbocycles.